The average Bonchev–Trinajstić information content (AvgIpc) is 3.04. The summed E-state index contributed by atoms with van der Waals surface area (Å²) in [6.07, 6.45) is 5.63. The smallest absolute Gasteiger partial charge is 0.426 e. The van der Waals surface area contributed by atoms with Crippen molar-refractivity contribution in [2.24, 2.45) is 0 Å². The van der Waals surface area contributed by atoms with Gasteiger partial charge in [0, 0.05) is 22.0 Å². The molecule has 1 aromatic heterocycles. The largest absolute Gasteiger partial charge is 0.451 e. The topological polar surface area (TPSA) is 80.6 Å². The van der Waals surface area contributed by atoms with E-state index >= 15 is 0 Å². The Hall–Kier alpha value is -2.15. The Morgan fingerprint density at radius 3 is 2.73 bits per heavy atom. The molecule has 0 saturated heterocycles. The zero-order valence-electron chi connectivity index (χ0n) is 14.9. The van der Waals surface area contributed by atoms with Crippen LogP contribution in [0.3, 0.4) is 0 Å². The molecule has 1 aliphatic rings. The fourth-order valence-corrected chi connectivity index (χ4v) is 4.55. The third-order valence-corrected chi connectivity index (χ3v) is 5.87. The van der Waals surface area contributed by atoms with E-state index in [0.717, 1.165) is 10.9 Å². The number of benzene rings is 1. The first-order chi connectivity index (χ1) is 12.7. The molecule has 1 saturated carbocycles. The summed E-state index contributed by atoms with van der Waals surface area (Å²) in [4.78, 5) is 23.9. The van der Waals surface area contributed by atoms with Gasteiger partial charge in [-0.25, -0.2) is 10.2 Å². The van der Waals surface area contributed by atoms with Crippen molar-refractivity contribution in [3.8, 4) is 0 Å². The normalized spacial score (nSPS) is 15.0. The molecular weight excluding hydrogens is 352 g/mol. The first-order valence-electron chi connectivity index (χ1n) is 9.04. The Morgan fingerprint density at radius 2 is 1.96 bits per heavy atom. The van der Waals surface area contributed by atoms with Crippen LogP contribution in [0.1, 0.15) is 55.1 Å². The van der Waals surface area contributed by atoms with Crippen LogP contribution in [-0.4, -0.2) is 23.9 Å². The number of furan rings is 1. The van der Waals surface area contributed by atoms with Crippen molar-refractivity contribution in [2.45, 2.75) is 50.0 Å². The predicted molar refractivity (Wildman–Crippen MR) is 102 cm³/mol. The molecule has 0 bridgehead atoms. The molecular formula is C19H24N2O4S. The summed E-state index contributed by atoms with van der Waals surface area (Å²) >= 11 is 1.88. The Labute approximate surface area is 157 Å². The molecule has 0 aliphatic heterocycles. The third kappa shape index (κ3) is 4.52. The maximum Gasteiger partial charge on any atom is 0.426 e. The van der Waals surface area contributed by atoms with E-state index in [0.29, 0.717) is 16.6 Å². The van der Waals surface area contributed by atoms with E-state index in [1.807, 2.05) is 36.0 Å². The summed E-state index contributed by atoms with van der Waals surface area (Å²) in [5.74, 6) is 0.476. The molecule has 2 amide bonds. The minimum absolute atomic E-state index is 0.232. The van der Waals surface area contributed by atoms with Gasteiger partial charge in [-0.3, -0.25) is 10.2 Å². The van der Waals surface area contributed by atoms with E-state index in [1.54, 1.807) is 6.92 Å². The number of ether oxygens (including phenoxy) is 1. The van der Waals surface area contributed by atoms with E-state index in [2.05, 4.69) is 10.9 Å². The molecule has 1 fully saturated rings. The van der Waals surface area contributed by atoms with Crippen molar-refractivity contribution in [2.75, 3.05) is 6.61 Å². The summed E-state index contributed by atoms with van der Waals surface area (Å²) in [5, 5.41) is 1.57. The molecule has 0 atom stereocenters. The first-order valence-corrected chi connectivity index (χ1v) is 10.1. The molecule has 0 radical (unpaired) electrons. The quantitative estimate of drug-likeness (QED) is 0.757. The van der Waals surface area contributed by atoms with Crippen molar-refractivity contribution in [3.63, 3.8) is 0 Å². The molecule has 6 nitrogen and oxygen atoms in total. The second-order valence-corrected chi connectivity index (χ2v) is 7.57. The summed E-state index contributed by atoms with van der Waals surface area (Å²) in [6.45, 7) is 1.93. The van der Waals surface area contributed by atoms with Gasteiger partial charge in [0.2, 0.25) is 0 Å². The van der Waals surface area contributed by atoms with Crippen molar-refractivity contribution in [1.82, 2.24) is 10.9 Å². The monoisotopic (exact) mass is 376 g/mol. The van der Waals surface area contributed by atoms with Crippen molar-refractivity contribution >= 4 is 34.7 Å². The predicted octanol–water partition coefficient (Wildman–Crippen LogP) is 4.39. The van der Waals surface area contributed by atoms with Crippen LogP contribution in [0.4, 0.5) is 4.79 Å². The zero-order valence-corrected chi connectivity index (χ0v) is 15.7. The van der Waals surface area contributed by atoms with E-state index in [-0.39, 0.29) is 12.4 Å². The van der Waals surface area contributed by atoms with Gasteiger partial charge in [0.05, 0.1) is 6.61 Å². The van der Waals surface area contributed by atoms with Crippen LogP contribution in [0.25, 0.3) is 11.0 Å². The van der Waals surface area contributed by atoms with Gasteiger partial charge in [0.25, 0.3) is 0 Å². The molecule has 0 spiro atoms. The number of hydrogen-bond acceptors (Lipinski definition) is 5. The number of amides is 2. The number of carbonyl (C=O) groups is 2. The third-order valence-electron chi connectivity index (χ3n) is 4.47. The average molecular weight is 376 g/mol. The number of hydrogen-bond donors (Lipinski definition) is 2. The standard InChI is InChI=1S/C19H24N2O4S/c1-2-24-19(23)21-20-18(22)17-15(12-26-13-8-4-3-5-9-13)14-10-6-7-11-16(14)25-17/h6-7,10-11,13H,2-5,8-9,12H2,1H3,(H,20,22)(H,21,23). The number of para-hydroxylation sites is 1. The molecule has 7 heteroatoms. The highest BCUT2D eigenvalue weighted by atomic mass is 32.2. The molecule has 2 N–H and O–H groups in total. The molecule has 3 rings (SSSR count). The zero-order chi connectivity index (χ0) is 18.4. The number of thioether (sulfide) groups is 1. The molecule has 26 heavy (non-hydrogen) atoms. The number of hydrazine groups is 1. The number of nitrogens with one attached hydrogen (secondary N) is 2. The van der Waals surface area contributed by atoms with Gasteiger partial charge in [-0.05, 0) is 25.8 Å². The first kappa shape index (κ1) is 18.6. The Bertz CT molecular complexity index is 768. The SMILES string of the molecule is CCOC(=O)NNC(=O)c1oc2ccccc2c1CSC1CCCCC1. The van der Waals surface area contributed by atoms with Gasteiger partial charge in [0.1, 0.15) is 5.58 Å². The lowest BCUT2D eigenvalue weighted by molar-refractivity contribution is 0.0887. The molecule has 0 unspecified atom stereocenters. The number of carbonyl (C=O) groups excluding carboxylic acids is 2. The molecule has 1 aromatic carbocycles. The van der Waals surface area contributed by atoms with Crippen LogP contribution in [0, 0.1) is 0 Å². The Morgan fingerprint density at radius 1 is 1.19 bits per heavy atom. The second kappa shape index (κ2) is 8.98. The maximum atomic E-state index is 12.5. The van der Waals surface area contributed by atoms with E-state index in [1.165, 1.54) is 32.1 Å². The highest BCUT2D eigenvalue weighted by Gasteiger charge is 2.23. The lowest BCUT2D eigenvalue weighted by Crippen LogP contribution is -2.42. The lowest BCUT2D eigenvalue weighted by Gasteiger charge is -2.20. The Balaban J connectivity index is 1.75. The lowest BCUT2D eigenvalue weighted by atomic mass is 10.0. The van der Waals surface area contributed by atoms with Crippen molar-refractivity contribution in [1.29, 1.82) is 0 Å². The molecule has 1 heterocycles. The van der Waals surface area contributed by atoms with E-state index in [4.69, 9.17) is 9.15 Å². The van der Waals surface area contributed by atoms with Gasteiger partial charge in [0.15, 0.2) is 5.76 Å². The maximum absolute atomic E-state index is 12.5. The van der Waals surface area contributed by atoms with Gasteiger partial charge in [-0.15, -0.1) is 0 Å². The summed E-state index contributed by atoms with van der Waals surface area (Å²) in [5.41, 5.74) is 6.14. The summed E-state index contributed by atoms with van der Waals surface area (Å²) in [7, 11) is 0. The molecule has 1 aliphatic carbocycles. The minimum Gasteiger partial charge on any atom is -0.451 e. The minimum atomic E-state index is -0.699. The Kier molecular flexibility index (Phi) is 6.44. The van der Waals surface area contributed by atoms with Crippen molar-refractivity contribution < 1.29 is 18.7 Å². The van der Waals surface area contributed by atoms with Gasteiger partial charge < -0.3 is 9.15 Å². The van der Waals surface area contributed by atoms with Crippen LogP contribution in [0.5, 0.6) is 0 Å². The van der Waals surface area contributed by atoms with Crippen LogP contribution in [0.2, 0.25) is 0 Å². The van der Waals surface area contributed by atoms with E-state index in [9.17, 15) is 9.59 Å². The summed E-state index contributed by atoms with van der Waals surface area (Å²) in [6, 6.07) is 7.62. The highest BCUT2D eigenvalue weighted by molar-refractivity contribution is 7.99. The molecule has 140 valence electrons. The molecule has 2 aromatic rings. The fraction of sp³-hybridized carbons (Fsp3) is 0.474. The van der Waals surface area contributed by atoms with Crippen LogP contribution in [0.15, 0.2) is 28.7 Å². The van der Waals surface area contributed by atoms with Gasteiger partial charge in [-0.1, -0.05) is 37.5 Å². The van der Waals surface area contributed by atoms with E-state index < -0.39 is 12.0 Å². The van der Waals surface area contributed by atoms with Gasteiger partial charge in [-0.2, -0.15) is 11.8 Å². The summed E-state index contributed by atoms with van der Waals surface area (Å²) < 4.78 is 10.5. The number of fused-ring (bicyclic) bond motifs is 1. The van der Waals surface area contributed by atoms with Crippen LogP contribution in [-0.2, 0) is 10.5 Å². The second-order valence-electron chi connectivity index (χ2n) is 6.28. The highest BCUT2D eigenvalue weighted by Crippen LogP contribution is 2.34. The van der Waals surface area contributed by atoms with Crippen LogP contribution >= 0.6 is 11.8 Å². The van der Waals surface area contributed by atoms with Crippen molar-refractivity contribution in [3.05, 3.63) is 35.6 Å². The fourth-order valence-electron chi connectivity index (χ4n) is 3.19. The van der Waals surface area contributed by atoms with Gasteiger partial charge >= 0.3 is 12.0 Å². The van der Waals surface area contributed by atoms with Crippen LogP contribution < -0.4 is 10.9 Å². The number of rotatable bonds is 5.